The van der Waals surface area contributed by atoms with Gasteiger partial charge in [0.15, 0.2) is 0 Å². The SMILES string of the molecule is O=C(/C=C/c1ccc(N2CCCS2(=O)=O)cc1)Nc1cccc(-c2nc3ccccc3[nH]2)c1. The molecule has 2 N–H and O–H groups in total. The van der Waals surface area contributed by atoms with E-state index < -0.39 is 10.0 Å². The largest absolute Gasteiger partial charge is 0.338 e. The van der Waals surface area contributed by atoms with Gasteiger partial charge in [0.05, 0.1) is 22.5 Å². The topological polar surface area (TPSA) is 95.2 Å². The summed E-state index contributed by atoms with van der Waals surface area (Å²) in [6.07, 6.45) is 3.79. The molecule has 0 atom stereocenters. The molecule has 1 aromatic heterocycles. The summed E-state index contributed by atoms with van der Waals surface area (Å²) in [5.74, 6) is 0.665. The number of nitrogens with one attached hydrogen (secondary N) is 2. The second-order valence-electron chi connectivity index (χ2n) is 7.84. The maximum Gasteiger partial charge on any atom is 0.248 e. The van der Waals surface area contributed by atoms with E-state index in [4.69, 9.17) is 0 Å². The molecule has 3 aromatic carbocycles. The van der Waals surface area contributed by atoms with E-state index in [-0.39, 0.29) is 11.7 Å². The maximum absolute atomic E-state index is 12.4. The van der Waals surface area contributed by atoms with Gasteiger partial charge in [0.2, 0.25) is 15.9 Å². The van der Waals surface area contributed by atoms with Crippen LogP contribution < -0.4 is 9.62 Å². The van der Waals surface area contributed by atoms with Crippen LogP contribution in [0.2, 0.25) is 0 Å². The van der Waals surface area contributed by atoms with Crippen molar-refractivity contribution in [1.29, 1.82) is 0 Å². The Morgan fingerprint density at radius 3 is 2.61 bits per heavy atom. The molecule has 33 heavy (non-hydrogen) atoms. The van der Waals surface area contributed by atoms with E-state index in [9.17, 15) is 13.2 Å². The number of carbonyl (C=O) groups is 1. The fraction of sp³-hybridized carbons (Fsp3) is 0.120. The van der Waals surface area contributed by atoms with Gasteiger partial charge in [-0.25, -0.2) is 13.4 Å². The first-order chi connectivity index (χ1) is 16.0. The Morgan fingerprint density at radius 1 is 1.03 bits per heavy atom. The summed E-state index contributed by atoms with van der Waals surface area (Å²) in [4.78, 5) is 20.3. The third-order valence-electron chi connectivity index (χ3n) is 5.50. The Kier molecular flexibility index (Phi) is 5.43. The molecule has 1 saturated heterocycles. The number of aromatic amines is 1. The number of hydrogen-bond donors (Lipinski definition) is 2. The van der Waals surface area contributed by atoms with Crippen LogP contribution in [0.1, 0.15) is 12.0 Å². The number of imidazole rings is 1. The second kappa shape index (κ2) is 8.55. The van der Waals surface area contributed by atoms with Gasteiger partial charge in [-0.15, -0.1) is 0 Å². The molecule has 1 aliphatic rings. The molecule has 5 rings (SSSR count). The second-order valence-corrected chi connectivity index (χ2v) is 9.85. The molecule has 0 radical (unpaired) electrons. The number of fused-ring (bicyclic) bond motifs is 1. The van der Waals surface area contributed by atoms with Crippen molar-refractivity contribution in [3.8, 4) is 11.4 Å². The minimum Gasteiger partial charge on any atom is -0.338 e. The molecule has 1 amide bonds. The van der Waals surface area contributed by atoms with E-state index in [1.54, 1.807) is 30.3 Å². The number of sulfonamides is 1. The number of aromatic nitrogens is 2. The van der Waals surface area contributed by atoms with Crippen LogP contribution in [0.4, 0.5) is 11.4 Å². The highest BCUT2D eigenvalue weighted by atomic mass is 32.2. The molecular weight excluding hydrogens is 436 g/mol. The van der Waals surface area contributed by atoms with Crippen LogP contribution in [0.15, 0.2) is 78.9 Å². The first kappa shape index (κ1) is 21.0. The van der Waals surface area contributed by atoms with Crippen molar-refractivity contribution in [3.63, 3.8) is 0 Å². The maximum atomic E-state index is 12.4. The van der Waals surface area contributed by atoms with Gasteiger partial charge in [-0.2, -0.15) is 0 Å². The zero-order valence-corrected chi connectivity index (χ0v) is 18.5. The number of para-hydroxylation sites is 2. The Balaban J connectivity index is 1.26. The molecule has 4 aromatic rings. The highest BCUT2D eigenvalue weighted by molar-refractivity contribution is 7.93. The van der Waals surface area contributed by atoms with E-state index in [1.165, 1.54) is 10.4 Å². The fourth-order valence-electron chi connectivity index (χ4n) is 3.87. The van der Waals surface area contributed by atoms with Crippen molar-refractivity contribution in [1.82, 2.24) is 9.97 Å². The van der Waals surface area contributed by atoms with Crippen LogP contribution in [0.25, 0.3) is 28.5 Å². The average molecular weight is 459 g/mol. The molecule has 0 bridgehead atoms. The lowest BCUT2D eigenvalue weighted by Gasteiger charge is -2.16. The number of rotatable bonds is 5. The van der Waals surface area contributed by atoms with E-state index in [1.807, 2.05) is 48.5 Å². The summed E-state index contributed by atoms with van der Waals surface area (Å²) >= 11 is 0. The first-order valence-corrected chi connectivity index (χ1v) is 12.2. The molecule has 1 fully saturated rings. The molecule has 0 spiro atoms. The molecular formula is C25H22N4O3S. The normalized spacial score (nSPS) is 15.3. The number of hydrogen-bond acceptors (Lipinski definition) is 4. The number of H-pyrrole nitrogens is 1. The number of benzene rings is 3. The number of carbonyl (C=O) groups excluding carboxylic acids is 1. The van der Waals surface area contributed by atoms with Crippen molar-refractivity contribution in [2.24, 2.45) is 0 Å². The fourth-order valence-corrected chi connectivity index (χ4v) is 5.44. The van der Waals surface area contributed by atoms with Gasteiger partial charge in [0.1, 0.15) is 5.82 Å². The lowest BCUT2D eigenvalue weighted by atomic mass is 10.1. The van der Waals surface area contributed by atoms with Crippen molar-refractivity contribution in [2.75, 3.05) is 21.9 Å². The van der Waals surface area contributed by atoms with Gasteiger partial charge < -0.3 is 10.3 Å². The van der Waals surface area contributed by atoms with Crippen LogP contribution in [-0.2, 0) is 14.8 Å². The Labute approximate surface area is 191 Å². The molecule has 2 heterocycles. The molecule has 0 unspecified atom stereocenters. The molecule has 166 valence electrons. The van der Waals surface area contributed by atoms with E-state index in [0.29, 0.717) is 24.3 Å². The Morgan fingerprint density at radius 2 is 1.85 bits per heavy atom. The van der Waals surface area contributed by atoms with Crippen molar-refractivity contribution in [3.05, 3.63) is 84.4 Å². The standard InChI is InChI=1S/C25H22N4O3S/c30-24(14-11-18-9-12-21(13-10-18)29-15-4-16-33(29,31)32)26-20-6-3-5-19(17-20)25-27-22-7-1-2-8-23(22)28-25/h1-3,5-14,17H,4,15-16H2,(H,26,30)(H,27,28)/b14-11+. The van der Waals surface area contributed by atoms with Crippen LogP contribution in [-0.4, -0.2) is 36.6 Å². The number of amides is 1. The monoisotopic (exact) mass is 458 g/mol. The summed E-state index contributed by atoms with van der Waals surface area (Å²) in [6, 6.07) is 22.4. The minimum absolute atomic E-state index is 0.187. The summed E-state index contributed by atoms with van der Waals surface area (Å²) in [7, 11) is -3.20. The lowest BCUT2D eigenvalue weighted by Crippen LogP contribution is -2.24. The zero-order chi connectivity index (χ0) is 22.8. The van der Waals surface area contributed by atoms with Gasteiger partial charge in [-0.1, -0.05) is 36.4 Å². The summed E-state index contributed by atoms with van der Waals surface area (Å²) in [6.45, 7) is 0.507. The van der Waals surface area contributed by atoms with E-state index in [2.05, 4.69) is 15.3 Å². The van der Waals surface area contributed by atoms with Gasteiger partial charge in [-0.3, -0.25) is 9.10 Å². The lowest BCUT2D eigenvalue weighted by molar-refractivity contribution is -0.111. The first-order valence-electron chi connectivity index (χ1n) is 10.6. The molecule has 1 aliphatic heterocycles. The van der Waals surface area contributed by atoms with Crippen molar-refractivity contribution < 1.29 is 13.2 Å². The van der Waals surface area contributed by atoms with Crippen molar-refractivity contribution in [2.45, 2.75) is 6.42 Å². The van der Waals surface area contributed by atoms with Crippen molar-refractivity contribution >= 4 is 44.4 Å². The third-order valence-corrected chi connectivity index (χ3v) is 7.37. The van der Waals surface area contributed by atoms with Gasteiger partial charge >= 0.3 is 0 Å². The predicted molar refractivity (Wildman–Crippen MR) is 131 cm³/mol. The third kappa shape index (κ3) is 4.51. The number of nitrogens with zero attached hydrogens (tertiary/aromatic N) is 2. The van der Waals surface area contributed by atoms with Gasteiger partial charge in [0.25, 0.3) is 0 Å². The zero-order valence-electron chi connectivity index (χ0n) is 17.7. The highest BCUT2D eigenvalue weighted by Crippen LogP contribution is 2.25. The number of anilines is 2. The molecule has 0 aliphatic carbocycles. The Hall–Kier alpha value is -3.91. The van der Waals surface area contributed by atoms with Crippen LogP contribution in [0.3, 0.4) is 0 Å². The molecule has 7 nitrogen and oxygen atoms in total. The smallest absolute Gasteiger partial charge is 0.248 e. The van der Waals surface area contributed by atoms with Crippen LogP contribution in [0, 0.1) is 0 Å². The van der Waals surface area contributed by atoms with Gasteiger partial charge in [-0.05, 0) is 54.5 Å². The predicted octanol–water partition coefficient (Wildman–Crippen LogP) is 4.42. The van der Waals surface area contributed by atoms with Crippen LogP contribution in [0.5, 0.6) is 0 Å². The summed E-state index contributed by atoms with van der Waals surface area (Å²) in [5, 5.41) is 2.87. The minimum atomic E-state index is -3.20. The van der Waals surface area contributed by atoms with E-state index in [0.717, 1.165) is 28.0 Å². The quantitative estimate of drug-likeness (QED) is 0.433. The summed E-state index contributed by atoms with van der Waals surface area (Å²) in [5.41, 5.74) is 4.84. The van der Waals surface area contributed by atoms with Crippen LogP contribution >= 0.6 is 0 Å². The van der Waals surface area contributed by atoms with Gasteiger partial charge in [0, 0.05) is 23.9 Å². The average Bonchev–Trinajstić information content (AvgIpc) is 3.41. The highest BCUT2D eigenvalue weighted by Gasteiger charge is 2.28. The molecule has 0 saturated carbocycles. The van der Waals surface area contributed by atoms with E-state index >= 15 is 0 Å². The molecule has 8 heteroatoms. The summed E-state index contributed by atoms with van der Waals surface area (Å²) < 4.78 is 25.5. The Bertz CT molecular complexity index is 1420.